The molecule has 6 heteroatoms. The van der Waals surface area contributed by atoms with Gasteiger partial charge in [-0.25, -0.2) is 4.79 Å². The van der Waals surface area contributed by atoms with E-state index < -0.39 is 6.03 Å². The van der Waals surface area contributed by atoms with Crippen molar-refractivity contribution in [3.05, 3.63) is 0 Å². The maximum Gasteiger partial charge on any atom is 0.321 e. The van der Waals surface area contributed by atoms with Gasteiger partial charge in [-0.3, -0.25) is 15.0 Å². The lowest BCUT2D eigenvalue weighted by Crippen LogP contribution is -2.55. The number of rotatable bonds is 2. The van der Waals surface area contributed by atoms with Crippen molar-refractivity contribution in [3.63, 3.8) is 0 Å². The minimum Gasteiger partial charge on any atom is -0.341 e. The molecule has 1 aliphatic heterocycles. The van der Waals surface area contributed by atoms with Crippen molar-refractivity contribution >= 4 is 11.9 Å². The van der Waals surface area contributed by atoms with E-state index in [2.05, 4.69) is 22.5 Å². The first-order valence-corrected chi connectivity index (χ1v) is 5.99. The molecule has 6 nitrogen and oxygen atoms in total. The zero-order valence-corrected chi connectivity index (χ0v) is 10.7. The van der Waals surface area contributed by atoms with Crippen molar-refractivity contribution in [1.82, 2.24) is 15.5 Å². The molecule has 4 N–H and O–H groups in total. The molecule has 0 bridgehead atoms. The predicted molar refractivity (Wildman–Crippen MR) is 65.4 cm³/mol. The average molecular weight is 242 g/mol. The molecule has 98 valence electrons. The van der Waals surface area contributed by atoms with E-state index in [9.17, 15) is 9.59 Å². The van der Waals surface area contributed by atoms with Crippen LogP contribution < -0.4 is 16.4 Å². The number of piperidine rings is 1. The molecule has 1 fully saturated rings. The zero-order chi connectivity index (χ0) is 13.0. The van der Waals surface area contributed by atoms with Gasteiger partial charge in [-0.1, -0.05) is 0 Å². The fourth-order valence-corrected chi connectivity index (χ4v) is 2.23. The Balaban J connectivity index is 2.54. The van der Waals surface area contributed by atoms with Crippen LogP contribution in [0.5, 0.6) is 0 Å². The topological polar surface area (TPSA) is 87.5 Å². The molecule has 1 saturated heterocycles. The van der Waals surface area contributed by atoms with Crippen molar-refractivity contribution < 1.29 is 9.59 Å². The Hall–Kier alpha value is -1.14. The molecule has 0 aromatic carbocycles. The van der Waals surface area contributed by atoms with E-state index >= 15 is 0 Å². The average Bonchev–Trinajstić information content (AvgIpc) is 2.28. The first-order valence-electron chi connectivity index (χ1n) is 5.99. The number of carbonyl (C=O) groups is 2. The second kappa shape index (κ2) is 5.97. The van der Waals surface area contributed by atoms with Gasteiger partial charge in [0, 0.05) is 25.7 Å². The van der Waals surface area contributed by atoms with Crippen LogP contribution in [0.4, 0.5) is 4.79 Å². The molecule has 0 radical (unpaired) electrons. The van der Waals surface area contributed by atoms with Crippen LogP contribution in [0.3, 0.4) is 0 Å². The standard InChI is InChI=1S/C11H22N4O2/c1-7-6-9(12)4-5-15(7)8(2)10(16)14-11(17)13-3/h7-9H,4-6,12H2,1-3H3,(H2,13,14,16,17). The number of amides is 3. The number of likely N-dealkylation sites (tertiary alicyclic amines) is 1. The van der Waals surface area contributed by atoms with Crippen molar-refractivity contribution in [1.29, 1.82) is 0 Å². The van der Waals surface area contributed by atoms with Gasteiger partial charge in [-0.2, -0.15) is 0 Å². The number of nitrogens with two attached hydrogens (primary N) is 1. The van der Waals surface area contributed by atoms with Crippen LogP contribution in [0.15, 0.2) is 0 Å². The van der Waals surface area contributed by atoms with Crippen LogP contribution in [-0.4, -0.2) is 48.6 Å². The van der Waals surface area contributed by atoms with Crippen LogP contribution in [0.25, 0.3) is 0 Å². The first kappa shape index (κ1) is 13.9. The van der Waals surface area contributed by atoms with E-state index in [1.807, 2.05) is 6.92 Å². The molecule has 0 spiro atoms. The normalized spacial score (nSPS) is 27.3. The molecule has 1 rings (SSSR count). The maximum absolute atomic E-state index is 11.8. The lowest BCUT2D eigenvalue weighted by molar-refractivity contribution is -0.126. The van der Waals surface area contributed by atoms with Gasteiger partial charge in [-0.05, 0) is 26.7 Å². The molecule has 0 aromatic rings. The van der Waals surface area contributed by atoms with Gasteiger partial charge in [0.2, 0.25) is 5.91 Å². The van der Waals surface area contributed by atoms with Crippen molar-refractivity contribution in [2.75, 3.05) is 13.6 Å². The summed E-state index contributed by atoms with van der Waals surface area (Å²) >= 11 is 0. The number of imide groups is 1. The van der Waals surface area contributed by atoms with Crippen molar-refractivity contribution in [2.24, 2.45) is 5.73 Å². The van der Waals surface area contributed by atoms with E-state index in [-0.39, 0.29) is 24.0 Å². The first-order chi connectivity index (χ1) is 7.95. The third kappa shape index (κ3) is 3.67. The molecule has 3 amide bonds. The molecular formula is C11H22N4O2. The summed E-state index contributed by atoms with van der Waals surface area (Å²) in [5, 5.41) is 4.66. The lowest BCUT2D eigenvalue weighted by atomic mass is 9.97. The van der Waals surface area contributed by atoms with Gasteiger partial charge in [-0.15, -0.1) is 0 Å². The number of hydrogen-bond acceptors (Lipinski definition) is 4. The van der Waals surface area contributed by atoms with Crippen LogP contribution in [0.1, 0.15) is 26.7 Å². The molecule has 17 heavy (non-hydrogen) atoms. The molecule has 3 unspecified atom stereocenters. The fraction of sp³-hybridized carbons (Fsp3) is 0.818. The van der Waals surface area contributed by atoms with E-state index in [1.165, 1.54) is 7.05 Å². The third-order valence-corrected chi connectivity index (χ3v) is 3.31. The van der Waals surface area contributed by atoms with Crippen LogP contribution in [0.2, 0.25) is 0 Å². The van der Waals surface area contributed by atoms with Gasteiger partial charge >= 0.3 is 6.03 Å². The van der Waals surface area contributed by atoms with E-state index in [1.54, 1.807) is 0 Å². The number of nitrogens with one attached hydrogen (secondary N) is 2. The second-order valence-corrected chi connectivity index (χ2v) is 4.62. The Bertz CT molecular complexity index is 295. The molecule has 3 atom stereocenters. The highest BCUT2D eigenvalue weighted by Crippen LogP contribution is 2.18. The van der Waals surface area contributed by atoms with Gasteiger partial charge in [0.05, 0.1) is 6.04 Å². The summed E-state index contributed by atoms with van der Waals surface area (Å²) in [7, 11) is 1.48. The minimum atomic E-state index is -0.469. The zero-order valence-electron chi connectivity index (χ0n) is 10.7. The Morgan fingerprint density at radius 1 is 1.47 bits per heavy atom. The minimum absolute atomic E-state index is 0.218. The Morgan fingerprint density at radius 3 is 2.65 bits per heavy atom. The summed E-state index contributed by atoms with van der Waals surface area (Å²) in [6, 6.07) is -0.294. The number of hydrogen-bond donors (Lipinski definition) is 3. The van der Waals surface area contributed by atoms with Gasteiger partial charge < -0.3 is 11.1 Å². The van der Waals surface area contributed by atoms with Crippen LogP contribution >= 0.6 is 0 Å². The predicted octanol–water partition coefficient (Wildman–Crippen LogP) is -0.358. The second-order valence-electron chi connectivity index (χ2n) is 4.62. The summed E-state index contributed by atoms with van der Waals surface area (Å²) < 4.78 is 0. The Morgan fingerprint density at radius 2 is 2.12 bits per heavy atom. The summed E-state index contributed by atoms with van der Waals surface area (Å²) in [6.45, 7) is 4.67. The highest BCUT2D eigenvalue weighted by molar-refractivity contribution is 5.96. The highest BCUT2D eigenvalue weighted by Gasteiger charge is 2.30. The number of urea groups is 1. The van der Waals surface area contributed by atoms with Crippen LogP contribution in [-0.2, 0) is 4.79 Å². The summed E-state index contributed by atoms with van der Waals surface area (Å²) in [4.78, 5) is 24.9. The smallest absolute Gasteiger partial charge is 0.321 e. The summed E-state index contributed by atoms with van der Waals surface area (Å²) in [5.41, 5.74) is 5.87. The molecular weight excluding hydrogens is 220 g/mol. The Kier molecular flexibility index (Phi) is 4.89. The lowest BCUT2D eigenvalue weighted by Gasteiger charge is -2.39. The number of nitrogens with zero attached hydrogens (tertiary/aromatic N) is 1. The number of carbonyl (C=O) groups excluding carboxylic acids is 2. The van der Waals surface area contributed by atoms with E-state index in [0.717, 1.165) is 19.4 Å². The SMILES string of the molecule is CNC(=O)NC(=O)C(C)N1CCC(N)CC1C. The van der Waals surface area contributed by atoms with Gasteiger partial charge in [0.15, 0.2) is 0 Å². The summed E-state index contributed by atoms with van der Waals surface area (Å²) in [5.74, 6) is -0.272. The fourth-order valence-electron chi connectivity index (χ4n) is 2.23. The largest absolute Gasteiger partial charge is 0.341 e. The molecule has 0 aliphatic carbocycles. The Labute approximate surface area is 102 Å². The quantitative estimate of drug-likeness (QED) is 0.617. The van der Waals surface area contributed by atoms with Crippen LogP contribution in [0, 0.1) is 0 Å². The molecule has 0 saturated carbocycles. The molecule has 0 aromatic heterocycles. The summed E-state index contributed by atoms with van der Waals surface area (Å²) in [6.07, 6.45) is 1.78. The van der Waals surface area contributed by atoms with Crippen molar-refractivity contribution in [2.45, 2.75) is 44.8 Å². The van der Waals surface area contributed by atoms with E-state index in [4.69, 9.17) is 5.73 Å². The molecule has 1 heterocycles. The molecule has 1 aliphatic rings. The maximum atomic E-state index is 11.8. The van der Waals surface area contributed by atoms with E-state index in [0.29, 0.717) is 0 Å². The van der Waals surface area contributed by atoms with Gasteiger partial charge in [0.1, 0.15) is 0 Å². The van der Waals surface area contributed by atoms with Gasteiger partial charge in [0.25, 0.3) is 0 Å². The van der Waals surface area contributed by atoms with Crippen molar-refractivity contribution in [3.8, 4) is 0 Å². The highest BCUT2D eigenvalue weighted by atomic mass is 16.2. The third-order valence-electron chi connectivity index (χ3n) is 3.31. The monoisotopic (exact) mass is 242 g/mol.